The fraction of sp³-hybridized carbons (Fsp3) is 0.250. The van der Waals surface area contributed by atoms with Crippen LogP contribution in [-0.4, -0.2) is 25.3 Å². The second kappa shape index (κ2) is 9.96. The van der Waals surface area contributed by atoms with E-state index in [1.54, 1.807) is 7.11 Å². The van der Waals surface area contributed by atoms with Crippen LogP contribution in [-0.2, 0) is 17.9 Å². The monoisotopic (exact) mass is 531 g/mol. The highest BCUT2D eigenvalue weighted by molar-refractivity contribution is 9.10. The molecule has 4 rings (SSSR count). The quantitative estimate of drug-likeness (QED) is 0.355. The van der Waals surface area contributed by atoms with Crippen LogP contribution in [0.25, 0.3) is 0 Å². The largest absolute Gasteiger partial charge is 0.493 e. The molecule has 0 aliphatic carbocycles. The Morgan fingerprint density at radius 3 is 2.50 bits per heavy atom. The van der Waals surface area contributed by atoms with Crippen molar-refractivity contribution in [2.45, 2.75) is 19.3 Å². The summed E-state index contributed by atoms with van der Waals surface area (Å²) >= 11 is 7.33. The Morgan fingerprint density at radius 1 is 0.967 bits per heavy atom. The highest BCUT2D eigenvalue weighted by atomic mass is 79.9. The molecule has 3 aromatic rings. The zero-order valence-electron chi connectivity index (χ0n) is 16.7. The molecule has 0 spiro atoms. The van der Waals surface area contributed by atoms with E-state index in [1.807, 2.05) is 48.5 Å². The molecule has 0 saturated carbocycles. The molecule has 0 aromatic heterocycles. The van der Waals surface area contributed by atoms with Gasteiger partial charge in [0.05, 0.1) is 13.2 Å². The minimum atomic E-state index is -0.0288. The molecule has 1 unspecified atom stereocenters. The number of halogens is 2. The van der Waals surface area contributed by atoms with Crippen molar-refractivity contribution in [1.29, 1.82) is 0 Å². The molecule has 3 aromatic carbocycles. The molecule has 6 heteroatoms. The lowest BCUT2D eigenvalue weighted by Gasteiger charge is -2.18. The first-order chi connectivity index (χ1) is 14.6. The Hall–Kier alpha value is -1.86. The van der Waals surface area contributed by atoms with Gasteiger partial charge in [-0.25, -0.2) is 0 Å². The fourth-order valence-electron chi connectivity index (χ4n) is 3.51. The van der Waals surface area contributed by atoms with E-state index in [-0.39, 0.29) is 6.10 Å². The van der Waals surface area contributed by atoms with E-state index in [9.17, 15) is 0 Å². The van der Waals surface area contributed by atoms with Crippen molar-refractivity contribution in [3.63, 3.8) is 0 Å². The van der Waals surface area contributed by atoms with Crippen LogP contribution < -0.4 is 9.47 Å². The summed E-state index contributed by atoms with van der Waals surface area (Å²) < 4.78 is 19.8. The van der Waals surface area contributed by atoms with E-state index >= 15 is 0 Å². The second-order valence-corrected chi connectivity index (χ2v) is 8.89. The molecule has 1 aliphatic rings. The van der Waals surface area contributed by atoms with Gasteiger partial charge in [0.15, 0.2) is 11.5 Å². The van der Waals surface area contributed by atoms with E-state index in [2.05, 4.69) is 55.0 Å². The maximum absolute atomic E-state index is 6.10. The summed E-state index contributed by atoms with van der Waals surface area (Å²) in [5, 5.41) is 0. The lowest BCUT2D eigenvalue weighted by atomic mass is 10.1. The van der Waals surface area contributed by atoms with Crippen LogP contribution in [0.1, 0.15) is 22.8 Å². The van der Waals surface area contributed by atoms with Gasteiger partial charge in [0.25, 0.3) is 0 Å². The van der Waals surface area contributed by atoms with Crippen LogP contribution >= 0.6 is 31.9 Å². The zero-order valence-corrected chi connectivity index (χ0v) is 19.9. The molecular formula is C24H23Br2NO3. The van der Waals surface area contributed by atoms with E-state index in [4.69, 9.17) is 14.2 Å². The Labute approximate surface area is 194 Å². The predicted molar refractivity (Wildman–Crippen MR) is 125 cm³/mol. The van der Waals surface area contributed by atoms with Gasteiger partial charge in [-0.1, -0.05) is 80.4 Å². The maximum Gasteiger partial charge on any atom is 0.162 e. The molecule has 0 radical (unpaired) electrons. The van der Waals surface area contributed by atoms with Gasteiger partial charge in [0, 0.05) is 27.6 Å². The summed E-state index contributed by atoms with van der Waals surface area (Å²) in [5.41, 5.74) is 3.43. The van der Waals surface area contributed by atoms with Gasteiger partial charge in [-0.3, -0.25) is 4.90 Å². The summed E-state index contributed by atoms with van der Waals surface area (Å²) in [6.07, 6.45) is -0.0288. The first-order valence-corrected chi connectivity index (χ1v) is 11.3. The summed E-state index contributed by atoms with van der Waals surface area (Å²) in [4.78, 5) is 2.30. The zero-order chi connectivity index (χ0) is 20.9. The van der Waals surface area contributed by atoms with Gasteiger partial charge in [-0.05, 0) is 29.3 Å². The SMILES string of the molecule is COc1cc(C2CN(Cc3ccccc3Br)CO2)c(Br)cc1OCc1ccccc1. The average Bonchev–Trinajstić information content (AvgIpc) is 3.23. The van der Waals surface area contributed by atoms with Gasteiger partial charge in [0.2, 0.25) is 0 Å². The van der Waals surface area contributed by atoms with Crippen LogP contribution in [0.15, 0.2) is 75.7 Å². The third-order valence-corrected chi connectivity index (χ3v) is 6.56. The predicted octanol–water partition coefficient (Wildman–Crippen LogP) is 6.33. The van der Waals surface area contributed by atoms with Crippen molar-refractivity contribution >= 4 is 31.9 Å². The molecule has 30 heavy (non-hydrogen) atoms. The highest BCUT2D eigenvalue weighted by Crippen LogP contribution is 2.39. The number of methoxy groups -OCH3 is 1. The lowest BCUT2D eigenvalue weighted by Crippen LogP contribution is -2.20. The van der Waals surface area contributed by atoms with Crippen LogP contribution in [0.5, 0.6) is 11.5 Å². The number of ether oxygens (including phenoxy) is 3. The molecule has 1 heterocycles. The van der Waals surface area contributed by atoms with Crippen molar-refractivity contribution in [1.82, 2.24) is 4.90 Å². The summed E-state index contributed by atoms with van der Waals surface area (Å²) in [7, 11) is 1.66. The molecule has 0 amide bonds. The van der Waals surface area contributed by atoms with Gasteiger partial charge >= 0.3 is 0 Å². The van der Waals surface area contributed by atoms with Crippen LogP contribution in [0.3, 0.4) is 0 Å². The lowest BCUT2D eigenvalue weighted by molar-refractivity contribution is 0.0874. The van der Waals surface area contributed by atoms with E-state index in [0.29, 0.717) is 24.8 Å². The molecule has 1 aliphatic heterocycles. The number of benzene rings is 3. The van der Waals surface area contributed by atoms with E-state index in [1.165, 1.54) is 5.56 Å². The standard InChI is InChI=1S/C24H23Br2NO3/c1-28-22-11-19(21(26)12-23(22)29-15-17-7-3-2-4-8-17)24-14-27(16-30-24)13-18-9-5-6-10-20(18)25/h2-12,24H,13-16H2,1H3. The Kier molecular flexibility index (Phi) is 7.10. The van der Waals surface area contributed by atoms with Gasteiger partial charge < -0.3 is 14.2 Å². The first kappa shape index (κ1) is 21.4. The number of hydrogen-bond acceptors (Lipinski definition) is 4. The Bertz CT molecular complexity index is 997. The van der Waals surface area contributed by atoms with Crippen LogP contribution in [0.2, 0.25) is 0 Å². The minimum Gasteiger partial charge on any atom is -0.493 e. The van der Waals surface area contributed by atoms with Crippen molar-refractivity contribution in [3.8, 4) is 11.5 Å². The Morgan fingerprint density at radius 2 is 1.73 bits per heavy atom. The third kappa shape index (κ3) is 5.06. The molecule has 1 atom stereocenters. The van der Waals surface area contributed by atoms with Crippen molar-refractivity contribution in [3.05, 3.63) is 92.4 Å². The summed E-state index contributed by atoms with van der Waals surface area (Å²) in [6.45, 7) is 2.73. The fourth-order valence-corrected chi connectivity index (χ4v) is 4.49. The second-order valence-electron chi connectivity index (χ2n) is 7.19. The molecule has 1 fully saturated rings. The summed E-state index contributed by atoms with van der Waals surface area (Å²) in [5.74, 6) is 1.41. The molecule has 0 bridgehead atoms. The van der Waals surface area contributed by atoms with Gasteiger partial charge in [-0.2, -0.15) is 0 Å². The van der Waals surface area contributed by atoms with Gasteiger partial charge in [-0.15, -0.1) is 0 Å². The Balaban J connectivity index is 1.46. The summed E-state index contributed by atoms with van der Waals surface area (Å²) in [6, 6.07) is 22.4. The minimum absolute atomic E-state index is 0.0288. The van der Waals surface area contributed by atoms with Crippen LogP contribution in [0, 0.1) is 0 Å². The molecule has 0 N–H and O–H groups in total. The molecule has 156 valence electrons. The highest BCUT2D eigenvalue weighted by Gasteiger charge is 2.28. The average molecular weight is 533 g/mol. The number of rotatable bonds is 7. The van der Waals surface area contributed by atoms with Crippen molar-refractivity contribution < 1.29 is 14.2 Å². The van der Waals surface area contributed by atoms with E-state index in [0.717, 1.165) is 33.2 Å². The third-order valence-electron chi connectivity index (χ3n) is 5.10. The first-order valence-electron chi connectivity index (χ1n) is 9.75. The maximum atomic E-state index is 6.10. The topological polar surface area (TPSA) is 30.9 Å². The van der Waals surface area contributed by atoms with Crippen LogP contribution in [0.4, 0.5) is 0 Å². The number of nitrogens with zero attached hydrogens (tertiary/aromatic N) is 1. The van der Waals surface area contributed by atoms with E-state index < -0.39 is 0 Å². The molecule has 4 nitrogen and oxygen atoms in total. The smallest absolute Gasteiger partial charge is 0.162 e. The normalized spacial score (nSPS) is 16.6. The molecule has 1 saturated heterocycles. The number of hydrogen-bond donors (Lipinski definition) is 0. The van der Waals surface area contributed by atoms with Gasteiger partial charge in [0.1, 0.15) is 13.3 Å². The van der Waals surface area contributed by atoms with Crippen molar-refractivity contribution in [2.75, 3.05) is 20.4 Å². The molecular weight excluding hydrogens is 510 g/mol. The van der Waals surface area contributed by atoms with Crippen molar-refractivity contribution in [2.24, 2.45) is 0 Å².